The quantitative estimate of drug-likeness (QED) is 0.865. The Morgan fingerprint density at radius 3 is 2.28 bits per heavy atom. The zero-order valence-electron chi connectivity index (χ0n) is 10.0. The van der Waals surface area contributed by atoms with E-state index in [9.17, 15) is 13.2 Å². The Bertz CT molecular complexity index is 545. The summed E-state index contributed by atoms with van der Waals surface area (Å²) in [6.07, 6.45) is -0.259. The Balaban J connectivity index is 2.95. The number of carboxylic acid groups (broad SMARTS) is 1. The summed E-state index contributed by atoms with van der Waals surface area (Å²) in [5, 5.41) is 8.98. The van der Waals surface area contributed by atoms with Gasteiger partial charge in [-0.25, -0.2) is 13.1 Å². The molecule has 1 aromatic carbocycles. The van der Waals surface area contributed by atoms with Crippen molar-refractivity contribution in [2.75, 3.05) is 6.54 Å². The molecule has 1 rings (SSSR count). The fraction of sp³-hybridized carbons (Fsp3) is 0.364. The lowest BCUT2D eigenvalue weighted by Gasteiger charge is -2.09. The van der Waals surface area contributed by atoms with Crippen molar-refractivity contribution in [3.8, 4) is 0 Å². The highest BCUT2D eigenvalue weighted by molar-refractivity contribution is 7.89. The van der Waals surface area contributed by atoms with E-state index in [0.29, 0.717) is 16.1 Å². The lowest BCUT2D eigenvalue weighted by molar-refractivity contribution is -0.136. The van der Waals surface area contributed by atoms with Crippen LogP contribution in [-0.2, 0) is 14.8 Å². The molecule has 0 spiro atoms. The van der Waals surface area contributed by atoms with Crippen LogP contribution in [0.2, 0.25) is 5.02 Å². The van der Waals surface area contributed by atoms with Crippen LogP contribution in [0.15, 0.2) is 17.0 Å². The topological polar surface area (TPSA) is 83.5 Å². The number of aryl methyl sites for hydroxylation is 2. The maximum Gasteiger partial charge on any atom is 0.304 e. The predicted molar refractivity (Wildman–Crippen MR) is 68.4 cm³/mol. The van der Waals surface area contributed by atoms with Crippen LogP contribution in [0.4, 0.5) is 0 Å². The molecule has 0 aliphatic heterocycles. The third-order valence-electron chi connectivity index (χ3n) is 2.35. The van der Waals surface area contributed by atoms with Crippen LogP contribution in [-0.4, -0.2) is 26.0 Å². The second kappa shape index (κ2) is 5.69. The van der Waals surface area contributed by atoms with Gasteiger partial charge in [0, 0.05) is 11.6 Å². The zero-order chi connectivity index (χ0) is 13.9. The first-order chi connectivity index (χ1) is 8.24. The van der Waals surface area contributed by atoms with Gasteiger partial charge in [0.1, 0.15) is 0 Å². The molecule has 18 heavy (non-hydrogen) atoms. The lowest BCUT2D eigenvalue weighted by atomic mass is 10.2. The average Bonchev–Trinajstić information content (AvgIpc) is 2.24. The van der Waals surface area contributed by atoms with Crippen LogP contribution in [0.5, 0.6) is 0 Å². The fourth-order valence-corrected chi connectivity index (χ4v) is 2.75. The van der Waals surface area contributed by atoms with Gasteiger partial charge in [-0.1, -0.05) is 11.6 Å². The van der Waals surface area contributed by atoms with Gasteiger partial charge in [0.2, 0.25) is 10.0 Å². The van der Waals surface area contributed by atoms with E-state index in [2.05, 4.69) is 4.72 Å². The molecular weight excluding hydrogens is 278 g/mol. The maximum atomic E-state index is 11.9. The summed E-state index contributed by atoms with van der Waals surface area (Å²) >= 11 is 5.95. The molecule has 0 unspecified atom stereocenters. The second-order valence-electron chi connectivity index (χ2n) is 3.91. The molecule has 5 nitrogen and oxygen atoms in total. The predicted octanol–water partition coefficient (Wildman–Crippen LogP) is 1.71. The summed E-state index contributed by atoms with van der Waals surface area (Å²) in [4.78, 5) is 10.4. The van der Waals surface area contributed by atoms with Gasteiger partial charge in [0.05, 0.1) is 11.3 Å². The Labute approximate surface area is 111 Å². The summed E-state index contributed by atoms with van der Waals surface area (Å²) in [6.45, 7) is 3.29. The Hall–Kier alpha value is -1.11. The first-order valence-corrected chi connectivity index (χ1v) is 7.08. The molecule has 0 aliphatic rings. The molecule has 1 aromatic rings. The van der Waals surface area contributed by atoms with Crippen LogP contribution in [0.25, 0.3) is 0 Å². The van der Waals surface area contributed by atoms with Gasteiger partial charge in [0.25, 0.3) is 0 Å². The molecule has 0 saturated carbocycles. The maximum absolute atomic E-state index is 11.9. The minimum absolute atomic E-state index is 0.0901. The Kier molecular flexibility index (Phi) is 4.72. The molecular formula is C11H14ClNO4S. The van der Waals surface area contributed by atoms with Gasteiger partial charge >= 0.3 is 5.97 Å². The molecule has 100 valence electrons. The van der Waals surface area contributed by atoms with E-state index in [-0.39, 0.29) is 17.9 Å². The minimum Gasteiger partial charge on any atom is -0.481 e. The molecule has 2 N–H and O–H groups in total. The van der Waals surface area contributed by atoms with Crippen LogP contribution in [0, 0.1) is 13.8 Å². The fourth-order valence-electron chi connectivity index (χ4n) is 1.44. The second-order valence-corrected chi connectivity index (χ2v) is 6.06. The number of carboxylic acids is 1. The molecule has 0 amide bonds. The van der Waals surface area contributed by atoms with E-state index < -0.39 is 16.0 Å². The molecule has 0 radical (unpaired) electrons. The summed E-state index contributed by atoms with van der Waals surface area (Å²) in [5.41, 5.74) is 1.32. The van der Waals surface area contributed by atoms with Gasteiger partial charge < -0.3 is 5.11 Å². The summed E-state index contributed by atoms with van der Waals surface area (Å²) < 4.78 is 26.0. The van der Waals surface area contributed by atoms with E-state index >= 15 is 0 Å². The monoisotopic (exact) mass is 291 g/mol. The highest BCUT2D eigenvalue weighted by atomic mass is 35.5. The number of sulfonamides is 1. The molecule has 0 aromatic heterocycles. The third kappa shape index (κ3) is 3.69. The van der Waals surface area contributed by atoms with Gasteiger partial charge in [-0.15, -0.1) is 0 Å². The summed E-state index contributed by atoms with van der Waals surface area (Å²) in [7, 11) is -3.69. The van der Waals surface area contributed by atoms with Gasteiger partial charge in [0.15, 0.2) is 0 Å². The van der Waals surface area contributed by atoms with E-state index in [0.717, 1.165) is 0 Å². The summed E-state index contributed by atoms with van der Waals surface area (Å²) in [6, 6.07) is 2.91. The average molecular weight is 292 g/mol. The Morgan fingerprint density at radius 1 is 1.33 bits per heavy atom. The van der Waals surface area contributed by atoms with Crippen LogP contribution >= 0.6 is 11.6 Å². The SMILES string of the molecule is Cc1cc(S(=O)(=O)NCCC(=O)O)cc(C)c1Cl. The van der Waals surface area contributed by atoms with Crippen molar-refractivity contribution >= 4 is 27.6 Å². The zero-order valence-corrected chi connectivity index (χ0v) is 11.6. The molecule has 0 aliphatic carbocycles. The highest BCUT2D eigenvalue weighted by Crippen LogP contribution is 2.24. The van der Waals surface area contributed by atoms with Gasteiger partial charge in [-0.3, -0.25) is 4.79 Å². The number of nitrogens with one attached hydrogen (secondary N) is 1. The lowest BCUT2D eigenvalue weighted by Crippen LogP contribution is -2.26. The van der Waals surface area contributed by atoms with Crippen molar-refractivity contribution in [3.05, 3.63) is 28.3 Å². The van der Waals surface area contributed by atoms with Crippen LogP contribution in [0.3, 0.4) is 0 Å². The number of hydrogen-bond acceptors (Lipinski definition) is 3. The third-order valence-corrected chi connectivity index (χ3v) is 4.39. The number of aliphatic carboxylic acids is 1. The highest BCUT2D eigenvalue weighted by Gasteiger charge is 2.16. The molecule has 0 atom stereocenters. The number of carbonyl (C=O) groups is 1. The number of halogens is 1. The van der Waals surface area contributed by atoms with Crippen molar-refractivity contribution in [3.63, 3.8) is 0 Å². The van der Waals surface area contributed by atoms with Crippen molar-refractivity contribution < 1.29 is 18.3 Å². The van der Waals surface area contributed by atoms with Gasteiger partial charge in [-0.05, 0) is 37.1 Å². The number of benzene rings is 1. The van der Waals surface area contributed by atoms with Crippen molar-refractivity contribution in [1.82, 2.24) is 4.72 Å². The van der Waals surface area contributed by atoms with Crippen LogP contribution < -0.4 is 4.72 Å². The molecule has 7 heteroatoms. The summed E-state index contributed by atoms with van der Waals surface area (Å²) in [5.74, 6) is -1.05. The van der Waals surface area contributed by atoms with E-state index in [1.165, 1.54) is 12.1 Å². The largest absolute Gasteiger partial charge is 0.481 e. The normalized spacial score (nSPS) is 11.5. The van der Waals surface area contributed by atoms with Gasteiger partial charge in [-0.2, -0.15) is 0 Å². The molecule has 0 heterocycles. The number of hydrogen-bond donors (Lipinski definition) is 2. The first kappa shape index (κ1) is 14.9. The smallest absolute Gasteiger partial charge is 0.304 e. The molecule has 0 fully saturated rings. The van der Waals surface area contributed by atoms with E-state index in [1.807, 2.05) is 0 Å². The van der Waals surface area contributed by atoms with E-state index in [4.69, 9.17) is 16.7 Å². The van der Waals surface area contributed by atoms with E-state index in [1.54, 1.807) is 13.8 Å². The standard InChI is InChI=1S/C11H14ClNO4S/c1-7-5-9(6-8(2)11(7)12)18(16,17)13-4-3-10(14)15/h5-6,13H,3-4H2,1-2H3,(H,14,15). The first-order valence-electron chi connectivity index (χ1n) is 5.22. The number of rotatable bonds is 5. The van der Waals surface area contributed by atoms with Crippen molar-refractivity contribution in [1.29, 1.82) is 0 Å². The van der Waals surface area contributed by atoms with Crippen molar-refractivity contribution in [2.45, 2.75) is 25.2 Å². The van der Waals surface area contributed by atoms with Crippen LogP contribution in [0.1, 0.15) is 17.5 Å². The minimum atomic E-state index is -3.69. The molecule has 0 bridgehead atoms. The van der Waals surface area contributed by atoms with Crippen molar-refractivity contribution in [2.24, 2.45) is 0 Å². The molecule has 0 saturated heterocycles. The Morgan fingerprint density at radius 2 is 1.83 bits per heavy atom.